The lowest BCUT2D eigenvalue weighted by molar-refractivity contribution is -0.112. The molecule has 4 aromatic rings. The largest absolute Gasteiger partial charge is 0.508 e. The van der Waals surface area contributed by atoms with Gasteiger partial charge in [0, 0.05) is 20.9 Å². The van der Waals surface area contributed by atoms with Crippen molar-refractivity contribution in [2.75, 3.05) is 16.4 Å². The normalized spacial score (nSPS) is 12.3. The van der Waals surface area contributed by atoms with Crippen molar-refractivity contribution in [3.63, 3.8) is 0 Å². The maximum absolute atomic E-state index is 13.1. The quantitative estimate of drug-likeness (QED) is 0.0897. The summed E-state index contributed by atoms with van der Waals surface area (Å²) < 4.78 is 12.9. The summed E-state index contributed by atoms with van der Waals surface area (Å²) in [5.41, 5.74) is 8.71. The average Bonchev–Trinajstić information content (AvgIpc) is 2.94. The van der Waals surface area contributed by atoms with Gasteiger partial charge in [-0.15, -0.1) is 0 Å². The zero-order valence-corrected chi connectivity index (χ0v) is 23.7. The Morgan fingerprint density at radius 2 is 1.62 bits per heavy atom. The Balaban J connectivity index is 1.67. The highest BCUT2D eigenvalue weighted by Crippen LogP contribution is 2.34. The van der Waals surface area contributed by atoms with E-state index < -0.39 is 24.2 Å². The molecule has 0 aliphatic carbocycles. The Hall–Kier alpha value is -4.51. The predicted molar refractivity (Wildman–Crippen MR) is 164 cm³/mol. The number of carbonyl (C=O) groups is 2. The van der Waals surface area contributed by atoms with Gasteiger partial charge in [-0.05, 0) is 90.2 Å². The lowest BCUT2D eigenvalue weighted by Gasteiger charge is -2.27. The monoisotopic (exact) mass is 649 g/mol. The van der Waals surface area contributed by atoms with Crippen LogP contribution in [-0.2, 0) is 9.53 Å². The number of phenolic OH excluding ortho intramolecular Hbond substituents is 1. The highest BCUT2D eigenvalue weighted by molar-refractivity contribution is 14.1. The number of nitrogen functional groups attached to an aromatic ring is 1. The maximum Gasteiger partial charge on any atom is 0.412 e. The predicted octanol–water partition coefficient (Wildman–Crippen LogP) is 6.82. The summed E-state index contributed by atoms with van der Waals surface area (Å²) >= 11 is 2.10. The van der Waals surface area contributed by atoms with Gasteiger partial charge in [-0.25, -0.2) is 4.79 Å². The van der Waals surface area contributed by atoms with E-state index in [1.54, 1.807) is 72.8 Å². The summed E-state index contributed by atoms with van der Waals surface area (Å²) in [5.74, 6) is -0.0815. The van der Waals surface area contributed by atoms with Crippen molar-refractivity contribution in [3.05, 3.63) is 124 Å². The minimum Gasteiger partial charge on any atom is -0.508 e. The van der Waals surface area contributed by atoms with E-state index in [-0.39, 0.29) is 5.75 Å². The number of halogens is 1. The van der Waals surface area contributed by atoms with Crippen molar-refractivity contribution < 1.29 is 24.2 Å². The second-order valence-electron chi connectivity index (χ2n) is 8.85. The fourth-order valence-electron chi connectivity index (χ4n) is 3.79. The first-order valence-corrected chi connectivity index (χ1v) is 13.4. The van der Waals surface area contributed by atoms with E-state index in [9.17, 15) is 14.7 Å². The van der Waals surface area contributed by atoms with Gasteiger partial charge < -0.3 is 25.6 Å². The number of ether oxygens (including phenoxy) is 2. The Morgan fingerprint density at radius 1 is 0.925 bits per heavy atom. The average molecular weight is 649 g/mol. The van der Waals surface area contributed by atoms with Crippen molar-refractivity contribution in [1.29, 1.82) is 0 Å². The molecule has 4 aromatic carbocycles. The lowest BCUT2D eigenvalue weighted by atomic mass is 10.0. The van der Waals surface area contributed by atoms with Gasteiger partial charge in [0.25, 0.3) is 0 Å². The van der Waals surface area contributed by atoms with E-state index in [2.05, 4.69) is 33.2 Å². The molecule has 0 spiro atoms. The number of carbonyl (C=O) groups excluding carboxylic acids is 2. The van der Waals surface area contributed by atoms with Crippen LogP contribution in [0.25, 0.3) is 0 Å². The molecule has 0 radical (unpaired) electrons. The van der Waals surface area contributed by atoms with Crippen LogP contribution in [0.3, 0.4) is 0 Å². The van der Waals surface area contributed by atoms with E-state index in [1.807, 2.05) is 25.1 Å². The number of hydrogen-bond acceptors (Lipinski definition) is 6. The van der Waals surface area contributed by atoms with Crippen molar-refractivity contribution >= 4 is 51.7 Å². The number of aryl methyl sites for hydroxylation is 1. The smallest absolute Gasteiger partial charge is 0.412 e. The summed E-state index contributed by atoms with van der Waals surface area (Å²) in [4.78, 5) is 25.9. The molecule has 0 saturated carbocycles. The SMILES string of the molecule is Cc1ccc(NC(=O)O[C@@H](c2cc(I)ccc2O)[C@H](/C=C/C(=O)Nc2ccccc2N)Oc2ccccc2)cc1. The number of aromatic hydroxyl groups is 1. The third-order valence-corrected chi connectivity index (χ3v) is 6.47. The maximum atomic E-state index is 13.1. The molecule has 0 fully saturated rings. The molecular weight excluding hydrogens is 621 g/mol. The first-order valence-electron chi connectivity index (χ1n) is 12.4. The molecule has 0 aliphatic heterocycles. The lowest BCUT2D eigenvalue weighted by Crippen LogP contribution is -2.30. The minimum atomic E-state index is -1.13. The van der Waals surface area contributed by atoms with Crippen LogP contribution in [0.2, 0.25) is 0 Å². The highest BCUT2D eigenvalue weighted by atomic mass is 127. The Kier molecular flexibility index (Phi) is 9.63. The van der Waals surface area contributed by atoms with Gasteiger partial charge in [-0.1, -0.05) is 48.0 Å². The Labute approximate surface area is 246 Å². The van der Waals surface area contributed by atoms with E-state index >= 15 is 0 Å². The molecule has 2 atom stereocenters. The Bertz CT molecular complexity index is 1490. The third kappa shape index (κ3) is 8.00. The number of para-hydroxylation sites is 3. The summed E-state index contributed by atoms with van der Waals surface area (Å²) in [6.45, 7) is 1.94. The number of hydrogen-bond donors (Lipinski definition) is 4. The van der Waals surface area contributed by atoms with Gasteiger partial charge in [0.05, 0.1) is 11.4 Å². The van der Waals surface area contributed by atoms with Crippen LogP contribution in [0.15, 0.2) is 109 Å². The molecule has 2 amide bonds. The van der Waals surface area contributed by atoms with E-state index in [1.165, 1.54) is 18.2 Å². The number of nitrogens with two attached hydrogens (primary N) is 1. The van der Waals surface area contributed by atoms with Crippen LogP contribution < -0.4 is 21.1 Å². The highest BCUT2D eigenvalue weighted by Gasteiger charge is 2.30. The minimum absolute atomic E-state index is 0.0925. The van der Waals surface area contributed by atoms with E-state index in [0.717, 1.165) is 9.13 Å². The first kappa shape index (κ1) is 28.5. The third-order valence-electron chi connectivity index (χ3n) is 5.80. The van der Waals surface area contributed by atoms with Gasteiger partial charge in [0.1, 0.15) is 11.5 Å². The van der Waals surface area contributed by atoms with E-state index in [4.69, 9.17) is 15.2 Å². The molecule has 0 unspecified atom stereocenters. The fraction of sp³-hybridized carbons (Fsp3) is 0.0968. The summed E-state index contributed by atoms with van der Waals surface area (Å²) in [7, 11) is 0. The number of benzene rings is 4. The zero-order chi connectivity index (χ0) is 28.5. The summed E-state index contributed by atoms with van der Waals surface area (Å²) in [6, 6.07) is 28.0. The molecule has 40 heavy (non-hydrogen) atoms. The molecule has 0 bridgehead atoms. The van der Waals surface area contributed by atoms with E-state index in [0.29, 0.717) is 28.4 Å². The van der Waals surface area contributed by atoms with Crippen LogP contribution in [0.5, 0.6) is 11.5 Å². The molecular formula is C31H28IN3O5. The molecule has 0 aromatic heterocycles. The van der Waals surface area contributed by atoms with Gasteiger partial charge in [0.15, 0.2) is 12.2 Å². The van der Waals surface area contributed by atoms with Crippen LogP contribution in [0.1, 0.15) is 17.2 Å². The van der Waals surface area contributed by atoms with Crippen LogP contribution in [-0.4, -0.2) is 23.2 Å². The Morgan fingerprint density at radius 3 is 2.35 bits per heavy atom. The molecule has 0 aliphatic rings. The number of rotatable bonds is 9. The van der Waals surface area contributed by atoms with Crippen molar-refractivity contribution in [1.82, 2.24) is 0 Å². The van der Waals surface area contributed by atoms with Gasteiger partial charge in [-0.2, -0.15) is 0 Å². The van der Waals surface area contributed by atoms with Crippen molar-refractivity contribution in [2.24, 2.45) is 0 Å². The second-order valence-corrected chi connectivity index (χ2v) is 10.1. The number of nitrogens with one attached hydrogen (secondary N) is 2. The number of amides is 2. The fourth-order valence-corrected chi connectivity index (χ4v) is 4.30. The summed E-state index contributed by atoms with van der Waals surface area (Å²) in [6.07, 6.45) is -0.145. The molecule has 8 nitrogen and oxygen atoms in total. The molecule has 0 heterocycles. The van der Waals surface area contributed by atoms with Gasteiger partial charge >= 0.3 is 6.09 Å². The van der Waals surface area contributed by atoms with Gasteiger partial charge in [-0.3, -0.25) is 10.1 Å². The van der Waals surface area contributed by atoms with Crippen LogP contribution >= 0.6 is 22.6 Å². The van der Waals surface area contributed by atoms with Crippen molar-refractivity contribution in [3.8, 4) is 11.5 Å². The molecule has 5 N–H and O–H groups in total. The molecule has 0 saturated heterocycles. The number of phenols is 1. The van der Waals surface area contributed by atoms with Crippen LogP contribution in [0.4, 0.5) is 21.9 Å². The molecule has 4 rings (SSSR count). The number of anilines is 3. The van der Waals surface area contributed by atoms with Gasteiger partial charge in [0.2, 0.25) is 5.91 Å². The molecule has 9 heteroatoms. The van der Waals surface area contributed by atoms with Crippen molar-refractivity contribution in [2.45, 2.75) is 19.1 Å². The summed E-state index contributed by atoms with van der Waals surface area (Å²) in [5, 5.41) is 16.2. The second kappa shape index (κ2) is 13.5. The molecule has 204 valence electrons. The zero-order valence-electron chi connectivity index (χ0n) is 21.6. The standard InChI is InChI=1S/C31H28IN3O5/c1-20-11-14-22(15-12-20)34-31(38)40-30(24-19-21(32)13-16-27(24)36)28(39-23-7-3-2-4-8-23)17-18-29(37)35-26-10-6-5-9-25(26)33/h2-19,28,30,36H,33H2,1H3,(H,34,38)(H,35,37)/b18-17+/t28-,30-/m0/s1. The van der Waals surface area contributed by atoms with Crippen LogP contribution in [0, 0.1) is 10.5 Å². The topological polar surface area (TPSA) is 123 Å². The first-order chi connectivity index (χ1) is 19.3.